The normalized spacial score (nSPS) is 11.6. The Kier molecular flexibility index (Phi) is 3.85. The quantitative estimate of drug-likeness (QED) is 0.387. The zero-order valence-electron chi connectivity index (χ0n) is 13.9. The molecule has 0 fully saturated rings. The van der Waals surface area contributed by atoms with Crippen LogP contribution in [-0.4, -0.2) is 44.1 Å². The van der Waals surface area contributed by atoms with Crippen LogP contribution in [0.3, 0.4) is 0 Å². The number of rotatable bonds is 4. The fourth-order valence-electron chi connectivity index (χ4n) is 2.68. The summed E-state index contributed by atoms with van der Waals surface area (Å²) in [5, 5.41) is 18.6. The van der Waals surface area contributed by atoms with Gasteiger partial charge >= 0.3 is 5.97 Å². The smallest absolute Gasteiger partial charge is 0.339 e. The standard InChI is InChI=1S/C18H15N5O3/c1-2-26-18(25)11-5-13-14(17(24)22-16(13)20-7-11)9-19-12-4-3-10-8-21-23-15(10)6-12/h3-9,24H,2H2,1H3,(H,20,22)(H,21,23). The van der Waals surface area contributed by atoms with Crippen LogP contribution >= 0.6 is 0 Å². The van der Waals surface area contributed by atoms with E-state index in [-0.39, 0.29) is 12.5 Å². The molecule has 8 nitrogen and oxygen atoms in total. The molecule has 3 aromatic heterocycles. The molecule has 3 N–H and O–H groups in total. The van der Waals surface area contributed by atoms with Crippen LogP contribution in [0.4, 0.5) is 5.69 Å². The van der Waals surface area contributed by atoms with Gasteiger partial charge in [-0.25, -0.2) is 9.78 Å². The maximum Gasteiger partial charge on any atom is 0.339 e. The second-order valence-corrected chi connectivity index (χ2v) is 5.63. The summed E-state index contributed by atoms with van der Waals surface area (Å²) < 4.78 is 4.99. The highest BCUT2D eigenvalue weighted by Gasteiger charge is 2.14. The number of pyridine rings is 1. The number of carbonyl (C=O) groups is 1. The Bertz CT molecular complexity index is 1140. The molecule has 0 radical (unpaired) electrons. The van der Waals surface area contributed by atoms with E-state index in [2.05, 4.69) is 25.2 Å². The molecule has 0 aliphatic heterocycles. The lowest BCUT2D eigenvalue weighted by atomic mass is 10.1. The minimum Gasteiger partial charge on any atom is -0.494 e. The van der Waals surface area contributed by atoms with Crippen LogP contribution in [-0.2, 0) is 4.74 Å². The number of aromatic amines is 2. The second kappa shape index (κ2) is 6.32. The Morgan fingerprint density at radius 3 is 3.08 bits per heavy atom. The Labute approximate surface area is 147 Å². The summed E-state index contributed by atoms with van der Waals surface area (Å²) in [6.45, 7) is 2.01. The summed E-state index contributed by atoms with van der Waals surface area (Å²) in [7, 11) is 0. The first-order valence-corrected chi connectivity index (χ1v) is 8.00. The number of hydrogen-bond donors (Lipinski definition) is 3. The van der Waals surface area contributed by atoms with Crippen molar-refractivity contribution in [2.45, 2.75) is 6.92 Å². The average Bonchev–Trinajstić information content (AvgIpc) is 3.22. The monoisotopic (exact) mass is 349 g/mol. The molecule has 26 heavy (non-hydrogen) atoms. The first kappa shape index (κ1) is 15.8. The van der Waals surface area contributed by atoms with Crippen LogP contribution in [0.2, 0.25) is 0 Å². The van der Waals surface area contributed by atoms with E-state index >= 15 is 0 Å². The van der Waals surface area contributed by atoms with Gasteiger partial charge in [-0.1, -0.05) is 0 Å². The highest BCUT2D eigenvalue weighted by molar-refractivity contribution is 6.04. The molecular weight excluding hydrogens is 334 g/mol. The molecule has 1 aromatic carbocycles. The molecule has 0 aliphatic carbocycles. The Morgan fingerprint density at radius 2 is 2.23 bits per heavy atom. The molecule has 0 unspecified atom stereocenters. The number of hydrogen-bond acceptors (Lipinski definition) is 6. The van der Waals surface area contributed by atoms with Gasteiger partial charge in [-0.15, -0.1) is 0 Å². The summed E-state index contributed by atoms with van der Waals surface area (Å²) >= 11 is 0. The minimum atomic E-state index is -0.463. The molecule has 0 saturated carbocycles. The van der Waals surface area contributed by atoms with Gasteiger partial charge in [0, 0.05) is 23.2 Å². The number of aromatic hydroxyl groups is 1. The number of benzene rings is 1. The van der Waals surface area contributed by atoms with E-state index in [1.807, 2.05) is 18.2 Å². The minimum absolute atomic E-state index is 0.0696. The number of nitrogens with zero attached hydrogens (tertiary/aromatic N) is 3. The maximum absolute atomic E-state index is 11.9. The molecule has 0 amide bonds. The molecule has 0 saturated heterocycles. The van der Waals surface area contributed by atoms with Gasteiger partial charge in [0.05, 0.1) is 35.1 Å². The zero-order chi connectivity index (χ0) is 18.1. The van der Waals surface area contributed by atoms with Gasteiger partial charge in [0.15, 0.2) is 5.88 Å². The van der Waals surface area contributed by atoms with Crippen LogP contribution in [0.5, 0.6) is 5.88 Å². The average molecular weight is 349 g/mol. The van der Waals surface area contributed by atoms with Crippen LogP contribution in [0.1, 0.15) is 22.8 Å². The van der Waals surface area contributed by atoms with E-state index in [0.717, 1.165) is 10.9 Å². The Morgan fingerprint density at radius 1 is 1.35 bits per heavy atom. The maximum atomic E-state index is 11.9. The molecule has 4 aromatic rings. The molecule has 3 heterocycles. The van der Waals surface area contributed by atoms with E-state index in [4.69, 9.17) is 4.74 Å². The molecule has 0 aliphatic rings. The molecule has 0 spiro atoms. The van der Waals surface area contributed by atoms with Crippen molar-refractivity contribution in [3.8, 4) is 5.88 Å². The van der Waals surface area contributed by atoms with E-state index in [1.54, 1.807) is 19.2 Å². The van der Waals surface area contributed by atoms with E-state index < -0.39 is 5.97 Å². The predicted octanol–water partition coefficient (Wildman–Crippen LogP) is 3.07. The van der Waals surface area contributed by atoms with E-state index in [0.29, 0.717) is 27.8 Å². The van der Waals surface area contributed by atoms with E-state index in [1.165, 1.54) is 12.4 Å². The summed E-state index contributed by atoms with van der Waals surface area (Å²) in [6.07, 6.45) is 4.67. The van der Waals surface area contributed by atoms with Crippen molar-refractivity contribution in [3.05, 3.63) is 47.8 Å². The second-order valence-electron chi connectivity index (χ2n) is 5.63. The lowest BCUT2D eigenvalue weighted by Gasteiger charge is -2.01. The van der Waals surface area contributed by atoms with Crippen molar-refractivity contribution >= 4 is 39.8 Å². The number of aromatic nitrogens is 4. The highest BCUT2D eigenvalue weighted by Crippen LogP contribution is 2.26. The van der Waals surface area contributed by atoms with Gasteiger partial charge in [0.2, 0.25) is 0 Å². The van der Waals surface area contributed by atoms with Gasteiger partial charge in [0.25, 0.3) is 0 Å². The highest BCUT2D eigenvalue weighted by atomic mass is 16.5. The van der Waals surface area contributed by atoms with Crippen LogP contribution < -0.4 is 0 Å². The number of fused-ring (bicyclic) bond motifs is 2. The SMILES string of the molecule is CCOC(=O)c1cnc2[nH]c(O)c(C=Nc3ccc4cn[nH]c4c3)c2c1. The Hall–Kier alpha value is -3.68. The van der Waals surface area contributed by atoms with Crippen molar-refractivity contribution < 1.29 is 14.6 Å². The Balaban J connectivity index is 1.73. The molecular formula is C18H15N5O3. The van der Waals surface area contributed by atoms with Crippen molar-refractivity contribution in [3.63, 3.8) is 0 Å². The summed E-state index contributed by atoms with van der Waals surface area (Å²) in [5.74, 6) is -0.532. The number of aliphatic imine (C=N–C) groups is 1. The number of esters is 1. The molecule has 130 valence electrons. The van der Waals surface area contributed by atoms with Crippen LogP contribution in [0.15, 0.2) is 41.7 Å². The van der Waals surface area contributed by atoms with Gasteiger partial charge in [-0.3, -0.25) is 10.1 Å². The molecule has 8 heteroatoms. The van der Waals surface area contributed by atoms with Gasteiger partial charge < -0.3 is 14.8 Å². The van der Waals surface area contributed by atoms with Gasteiger partial charge in [0.1, 0.15) is 5.65 Å². The number of carbonyl (C=O) groups excluding carboxylic acids is 1. The first-order chi connectivity index (χ1) is 12.7. The van der Waals surface area contributed by atoms with Crippen LogP contribution in [0, 0.1) is 0 Å². The van der Waals surface area contributed by atoms with Crippen molar-refractivity contribution in [2.24, 2.45) is 4.99 Å². The molecule has 0 atom stereocenters. The van der Waals surface area contributed by atoms with Gasteiger partial charge in [-0.05, 0) is 31.2 Å². The lowest BCUT2D eigenvalue weighted by Crippen LogP contribution is -2.04. The first-order valence-electron chi connectivity index (χ1n) is 8.00. The number of nitrogens with one attached hydrogen (secondary N) is 2. The third-order valence-electron chi connectivity index (χ3n) is 3.95. The van der Waals surface area contributed by atoms with Crippen molar-refractivity contribution in [1.29, 1.82) is 0 Å². The van der Waals surface area contributed by atoms with Crippen LogP contribution in [0.25, 0.3) is 21.9 Å². The summed E-state index contributed by atoms with van der Waals surface area (Å²) in [5.41, 5.74) is 2.79. The summed E-state index contributed by atoms with van der Waals surface area (Å²) in [6, 6.07) is 7.23. The third-order valence-corrected chi connectivity index (χ3v) is 3.95. The topological polar surface area (TPSA) is 116 Å². The lowest BCUT2D eigenvalue weighted by molar-refractivity contribution is 0.0526. The number of ether oxygens (including phenoxy) is 1. The van der Waals surface area contributed by atoms with E-state index in [9.17, 15) is 9.90 Å². The fraction of sp³-hybridized carbons (Fsp3) is 0.111. The fourth-order valence-corrected chi connectivity index (χ4v) is 2.68. The largest absolute Gasteiger partial charge is 0.494 e. The zero-order valence-corrected chi connectivity index (χ0v) is 13.9. The van der Waals surface area contributed by atoms with Crippen molar-refractivity contribution in [1.82, 2.24) is 20.2 Å². The van der Waals surface area contributed by atoms with Crippen molar-refractivity contribution in [2.75, 3.05) is 6.61 Å². The predicted molar refractivity (Wildman–Crippen MR) is 97.1 cm³/mol. The number of H-pyrrole nitrogens is 2. The third kappa shape index (κ3) is 2.77. The molecule has 0 bridgehead atoms. The summed E-state index contributed by atoms with van der Waals surface area (Å²) in [4.78, 5) is 23.2. The van der Waals surface area contributed by atoms with Gasteiger partial charge in [-0.2, -0.15) is 5.10 Å². The molecule has 4 rings (SSSR count).